The topological polar surface area (TPSA) is 83.6 Å². The van der Waals surface area contributed by atoms with Crippen LogP contribution in [0.5, 0.6) is 0 Å². The quantitative estimate of drug-likeness (QED) is 0.619. The van der Waals surface area contributed by atoms with Crippen LogP contribution in [-0.4, -0.2) is 22.2 Å². The average molecular weight is 181 g/mol. The van der Waals surface area contributed by atoms with Crippen molar-refractivity contribution in [3.05, 3.63) is 35.9 Å². The van der Waals surface area contributed by atoms with Crippen molar-refractivity contribution >= 4 is 5.97 Å². The molecule has 0 fully saturated rings. The summed E-state index contributed by atoms with van der Waals surface area (Å²) in [7, 11) is 0. The van der Waals surface area contributed by atoms with Gasteiger partial charge in [0.1, 0.15) is 12.1 Å². The first-order valence-electron chi connectivity index (χ1n) is 3.84. The molecule has 0 spiro atoms. The van der Waals surface area contributed by atoms with Crippen molar-refractivity contribution in [2.75, 3.05) is 0 Å². The summed E-state index contributed by atoms with van der Waals surface area (Å²) in [5, 5.41) is 18.0. The minimum atomic E-state index is -1.28. The maximum Gasteiger partial charge on any atom is 0.323 e. The molecule has 0 aliphatic rings. The Labute approximate surface area is 75.6 Å². The number of aliphatic hydroxyl groups is 1. The highest BCUT2D eigenvalue weighted by Crippen LogP contribution is 2.14. The molecule has 0 saturated carbocycles. The van der Waals surface area contributed by atoms with E-state index in [4.69, 9.17) is 10.8 Å². The first-order valence-corrected chi connectivity index (χ1v) is 3.84. The molecule has 1 rings (SSSR count). The van der Waals surface area contributed by atoms with Gasteiger partial charge in [-0.3, -0.25) is 4.79 Å². The molecule has 4 N–H and O–H groups in total. The summed E-state index contributed by atoms with van der Waals surface area (Å²) in [5.74, 6) is -1.21. The van der Waals surface area contributed by atoms with Crippen molar-refractivity contribution in [3.8, 4) is 0 Å². The first kappa shape index (κ1) is 9.70. The summed E-state index contributed by atoms with van der Waals surface area (Å²) in [6.07, 6.45) is -1.15. The Balaban J connectivity index is 2.79. The van der Waals surface area contributed by atoms with Crippen LogP contribution in [0.4, 0.5) is 0 Å². The number of carboxylic acid groups (broad SMARTS) is 1. The van der Waals surface area contributed by atoms with E-state index in [0.29, 0.717) is 5.56 Å². The Morgan fingerprint density at radius 1 is 1.31 bits per heavy atom. The average Bonchev–Trinajstić information content (AvgIpc) is 2.17. The van der Waals surface area contributed by atoms with Crippen molar-refractivity contribution in [1.82, 2.24) is 0 Å². The number of carbonyl (C=O) groups is 1. The molecule has 2 atom stereocenters. The minimum Gasteiger partial charge on any atom is -0.480 e. The standard InChI is InChI=1S/C9H11NO3/c10-7(9(12)13)8(11)6-4-2-1-3-5-6/h1-5,7-8,11H,10H2,(H,12,13). The molecular formula is C9H11NO3. The number of nitrogens with two attached hydrogens (primary N) is 1. The number of aliphatic hydroxyl groups excluding tert-OH is 1. The Hall–Kier alpha value is -1.39. The normalized spacial score (nSPS) is 14.9. The molecule has 0 amide bonds. The summed E-state index contributed by atoms with van der Waals surface area (Å²) < 4.78 is 0. The lowest BCUT2D eigenvalue weighted by molar-refractivity contribution is -0.141. The van der Waals surface area contributed by atoms with E-state index in [0.717, 1.165) is 0 Å². The molecule has 1 aromatic carbocycles. The second kappa shape index (κ2) is 4.02. The Morgan fingerprint density at radius 2 is 1.85 bits per heavy atom. The highest BCUT2D eigenvalue weighted by atomic mass is 16.4. The summed E-state index contributed by atoms with van der Waals surface area (Å²) in [4.78, 5) is 10.4. The molecule has 0 bridgehead atoms. The third-order valence-electron chi connectivity index (χ3n) is 1.77. The van der Waals surface area contributed by atoms with Crippen LogP contribution >= 0.6 is 0 Å². The van der Waals surface area contributed by atoms with Gasteiger partial charge in [0.25, 0.3) is 0 Å². The predicted octanol–water partition coefficient (Wildman–Crippen LogP) is 0.132. The SMILES string of the molecule is NC(C(=O)O)C(O)c1ccccc1. The van der Waals surface area contributed by atoms with E-state index in [-0.39, 0.29) is 0 Å². The molecule has 13 heavy (non-hydrogen) atoms. The zero-order valence-electron chi connectivity index (χ0n) is 6.92. The van der Waals surface area contributed by atoms with Gasteiger partial charge in [0.2, 0.25) is 0 Å². The molecule has 2 unspecified atom stereocenters. The number of carboxylic acids is 1. The van der Waals surface area contributed by atoms with E-state index in [1.165, 1.54) is 0 Å². The van der Waals surface area contributed by atoms with Gasteiger partial charge in [0.05, 0.1) is 0 Å². The molecule has 1 aromatic rings. The number of aliphatic carboxylic acids is 1. The second-order valence-electron chi connectivity index (χ2n) is 2.72. The zero-order chi connectivity index (χ0) is 9.84. The molecule has 4 nitrogen and oxygen atoms in total. The maximum absolute atomic E-state index is 10.4. The van der Waals surface area contributed by atoms with E-state index >= 15 is 0 Å². The molecule has 0 aliphatic carbocycles. The van der Waals surface area contributed by atoms with E-state index < -0.39 is 18.1 Å². The number of hydrogen-bond donors (Lipinski definition) is 3. The molecule has 0 heterocycles. The van der Waals surface area contributed by atoms with Crippen molar-refractivity contribution < 1.29 is 15.0 Å². The van der Waals surface area contributed by atoms with Gasteiger partial charge in [-0.15, -0.1) is 0 Å². The molecule has 0 radical (unpaired) electrons. The van der Waals surface area contributed by atoms with Gasteiger partial charge >= 0.3 is 5.97 Å². The van der Waals surface area contributed by atoms with E-state index in [1.807, 2.05) is 0 Å². The van der Waals surface area contributed by atoms with Gasteiger partial charge in [-0.05, 0) is 5.56 Å². The van der Waals surface area contributed by atoms with Crippen LogP contribution in [0.3, 0.4) is 0 Å². The lowest BCUT2D eigenvalue weighted by Crippen LogP contribution is -2.36. The predicted molar refractivity (Wildman–Crippen MR) is 47.0 cm³/mol. The fourth-order valence-electron chi connectivity index (χ4n) is 0.993. The van der Waals surface area contributed by atoms with Gasteiger partial charge in [0.15, 0.2) is 0 Å². The van der Waals surface area contributed by atoms with Gasteiger partial charge in [-0.25, -0.2) is 0 Å². The van der Waals surface area contributed by atoms with E-state index in [2.05, 4.69) is 0 Å². The summed E-state index contributed by atoms with van der Waals surface area (Å²) in [6, 6.07) is 7.20. The Morgan fingerprint density at radius 3 is 2.31 bits per heavy atom. The molecule has 0 saturated heterocycles. The minimum absolute atomic E-state index is 0.511. The van der Waals surface area contributed by atoms with Gasteiger partial charge < -0.3 is 15.9 Å². The third-order valence-corrected chi connectivity index (χ3v) is 1.77. The van der Waals surface area contributed by atoms with Crippen molar-refractivity contribution in [2.45, 2.75) is 12.1 Å². The van der Waals surface area contributed by atoms with Crippen LogP contribution < -0.4 is 5.73 Å². The lowest BCUT2D eigenvalue weighted by atomic mass is 10.0. The second-order valence-corrected chi connectivity index (χ2v) is 2.72. The van der Waals surface area contributed by atoms with Crippen molar-refractivity contribution in [2.24, 2.45) is 5.73 Å². The molecule has 0 aromatic heterocycles. The van der Waals surface area contributed by atoms with Crippen LogP contribution in [0, 0.1) is 0 Å². The highest BCUT2D eigenvalue weighted by Gasteiger charge is 2.22. The van der Waals surface area contributed by atoms with Crippen LogP contribution in [0.15, 0.2) is 30.3 Å². The molecular weight excluding hydrogens is 170 g/mol. The zero-order valence-corrected chi connectivity index (χ0v) is 6.92. The van der Waals surface area contributed by atoms with Crippen molar-refractivity contribution in [1.29, 1.82) is 0 Å². The monoisotopic (exact) mass is 181 g/mol. The first-order chi connectivity index (χ1) is 6.13. The largest absolute Gasteiger partial charge is 0.480 e. The van der Waals surface area contributed by atoms with Crippen LogP contribution in [0.2, 0.25) is 0 Å². The van der Waals surface area contributed by atoms with Crippen LogP contribution in [0.25, 0.3) is 0 Å². The maximum atomic E-state index is 10.4. The Bertz CT molecular complexity index is 286. The summed E-state index contributed by atoms with van der Waals surface area (Å²) in [5.41, 5.74) is 5.75. The van der Waals surface area contributed by atoms with Crippen LogP contribution in [0.1, 0.15) is 11.7 Å². The molecule has 70 valence electrons. The number of rotatable bonds is 3. The highest BCUT2D eigenvalue weighted by molar-refractivity contribution is 5.74. The fraction of sp³-hybridized carbons (Fsp3) is 0.222. The fourth-order valence-corrected chi connectivity index (χ4v) is 0.993. The summed E-state index contributed by atoms with van der Waals surface area (Å²) >= 11 is 0. The smallest absolute Gasteiger partial charge is 0.323 e. The lowest BCUT2D eigenvalue weighted by Gasteiger charge is -2.14. The third kappa shape index (κ3) is 2.27. The molecule has 0 aliphatic heterocycles. The van der Waals surface area contributed by atoms with Gasteiger partial charge in [-0.2, -0.15) is 0 Å². The van der Waals surface area contributed by atoms with E-state index in [1.54, 1.807) is 30.3 Å². The summed E-state index contributed by atoms with van der Waals surface area (Å²) in [6.45, 7) is 0. The molecule has 4 heteroatoms. The van der Waals surface area contributed by atoms with E-state index in [9.17, 15) is 9.90 Å². The number of benzene rings is 1. The van der Waals surface area contributed by atoms with Crippen molar-refractivity contribution in [3.63, 3.8) is 0 Å². The van der Waals surface area contributed by atoms with Gasteiger partial charge in [-0.1, -0.05) is 30.3 Å². The number of hydrogen-bond acceptors (Lipinski definition) is 3. The van der Waals surface area contributed by atoms with Gasteiger partial charge in [0, 0.05) is 0 Å². The Kier molecular flexibility index (Phi) is 3.00. The van der Waals surface area contributed by atoms with Crippen LogP contribution in [-0.2, 0) is 4.79 Å².